The zero-order valence-electron chi connectivity index (χ0n) is 9.20. The lowest BCUT2D eigenvalue weighted by atomic mass is 10.00. The van der Waals surface area contributed by atoms with Gasteiger partial charge in [-0.3, -0.25) is 5.84 Å². The van der Waals surface area contributed by atoms with Crippen LogP contribution in [0.4, 0.5) is 4.39 Å². The molecular weight excluding hydrogens is 321 g/mol. The van der Waals surface area contributed by atoms with E-state index >= 15 is 0 Å². The van der Waals surface area contributed by atoms with Crippen molar-refractivity contribution in [2.75, 3.05) is 0 Å². The van der Waals surface area contributed by atoms with Gasteiger partial charge in [-0.05, 0) is 35.9 Å². The maximum Gasteiger partial charge on any atom is 0.129 e. The molecule has 0 aliphatic heterocycles. The summed E-state index contributed by atoms with van der Waals surface area (Å²) in [5, 5.41) is 0.336. The molecule has 0 spiro atoms. The third-order valence-electron chi connectivity index (χ3n) is 2.52. The first-order valence-corrected chi connectivity index (χ1v) is 6.31. The first-order valence-electron chi connectivity index (χ1n) is 5.14. The van der Waals surface area contributed by atoms with Crippen LogP contribution in [0.25, 0.3) is 0 Å². The fourth-order valence-electron chi connectivity index (χ4n) is 1.70. The van der Waals surface area contributed by atoms with Gasteiger partial charge in [0.15, 0.2) is 0 Å². The fraction of sp³-hybridized carbons (Fsp3) is 0.0833. The molecule has 0 radical (unpaired) electrons. The Bertz CT molecular complexity index is 565. The Hall–Kier alpha value is -1.01. The number of nitrogens with two attached hydrogens (primary N) is 1. The molecule has 0 saturated carbocycles. The summed E-state index contributed by atoms with van der Waals surface area (Å²) in [6.45, 7) is 0. The van der Waals surface area contributed by atoms with Crippen LogP contribution < -0.4 is 11.3 Å². The zero-order chi connectivity index (χ0) is 13.1. The summed E-state index contributed by atoms with van der Waals surface area (Å²) in [5.74, 6) is 5.17. The highest BCUT2D eigenvalue weighted by Crippen LogP contribution is 2.27. The number of benzene rings is 1. The van der Waals surface area contributed by atoms with Gasteiger partial charge in [0.05, 0.1) is 6.04 Å². The first-order chi connectivity index (χ1) is 8.61. The maximum absolute atomic E-state index is 13.8. The van der Waals surface area contributed by atoms with Gasteiger partial charge in [-0.1, -0.05) is 27.5 Å². The molecule has 1 unspecified atom stereocenters. The van der Waals surface area contributed by atoms with E-state index in [0.29, 0.717) is 10.7 Å². The number of nitrogens with zero attached hydrogens (tertiary/aromatic N) is 1. The number of hydrazine groups is 1. The Balaban J connectivity index is 2.48. The largest absolute Gasteiger partial charge is 0.271 e. The summed E-state index contributed by atoms with van der Waals surface area (Å²) in [5.41, 5.74) is 3.77. The van der Waals surface area contributed by atoms with E-state index in [-0.39, 0.29) is 5.82 Å². The van der Waals surface area contributed by atoms with E-state index in [2.05, 4.69) is 26.3 Å². The van der Waals surface area contributed by atoms with Gasteiger partial charge in [0.1, 0.15) is 11.0 Å². The molecule has 0 saturated heterocycles. The van der Waals surface area contributed by atoms with E-state index in [4.69, 9.17) is 17.4 Å². The number of hydrogen-bond acceptors (Lipinski definition) is 3. The summed E-state index contributed by atoms with van der Waals surface area (Å²) in [4.78, 5) is 3.88. The van der Waals surface area contributed by atoms with E-state index in [0.717, 1.165) is 10.0 Å². The van der Waals surface area contributed by atoms with Crippen molar-refractivity contribution < 1.29 is 4.39 Å². The predicted octanol–water partition coefficient (Wildman–Crippen LogP) is 3.19. The van der Waals surface area contributed by atoms with Gasteiger partial charge in [0.2, 0.25) is 0 Å². The summed E-state index contributed by atoms with van der Waals surface area (Å²) in [6.07, 6.45) is 1.55. The van der Waals surface area contributed by atoms with Gasteiger partial charge in [0.25, 0.3) is 0 Å². The smallest absolute Gasteiger partial charge is 0.129 e. The van der Waals surface area contributed by atoms with Crippen molar-refractivity contribution in [3.63, 3.8) is 0 Å². The van der Waals surface area contributed by atoms with Crippen LogP contribution in [-0.4, -0.2) is 4.98 Å². The normalized spacial score (nSPS) is 12.4. The number of aromatic nitrogens is 1. The van der Waals surface area contributed by atoms with Crippen molar-refractivity contribution in [1.82, 2.24) is 10.4 Å². The van der Waals surface area contributed by atoms with Gasteiger partial charge >= 0.3 is 0 Å². The van der Waals surface area contributed by atoms with Crippen LogP contribution in [0.2, 0.25) is 5.15 Å². The molecule has 1 heterocycles. The molecule has 0 fully saturated rings. The van der Waals surface area contributed by atoms with Gasteiger partial charge in [0, 0.05) is 16.2 Å². The lowest BCUT2D eigenvalue weighted by molar-refractivity contribution is 0.559. The quantitative estimate of drug-likeness (QED) is 0.516. The third-order valence-corrected chi connectivity index (χ3v) is 3.22. The Morgan fingerprint density at radius 1 is 1.33 bits per heavy atom. The van der Waals surface area contributed by atoms with Crippen molar-refractivity contribution in [2.45, 2.75) is 6.04 Å². The minimum absolute atomic E-state index is 0.336. The number of rotatable bonds is 3. The molecule has 0 amide bonds. The van der Waals surface area contributed by atoms with E-state index in [9.17, 15) is 4.39 Å². The molecule has 6 heteroatoms. The lowest BCUT2D eigenvalue weighted by Crippen LogP contribution is -2.29. The molecule has 94 valence electrons. The van der Waals surface area contributed by atoms with Crippen LogP contribution in [-0.2, 0) is 0 Å². The van der Waals surface area contributed by atoms with Crippen molar-refractivity contribution in [1.29, 1.82) is 0 Å². The van der Waals surface area contributed by atoms with E-state index < -0.39 is 6.04 Å². The van der Waals surface area contributed by atoms with Crippen molar-refractivity contribution in [2.24, 2.45) is 5.84 Å². The van der Waals surface area contributed by atoms with Crippen LogP contribution in [0, 0.1) is 5.82 Å². The Morgan fingerprint density at radius 3 is 2.78 bits per heavy atom. The highest BCUT2D eigenvalue weighted by Gasteiger charge is 2.17. The highest BCUT2D eigenvalue weighted by atomic mass is 79.9. The van der Waals surface area contributed by atoms with Crippen LogP contribution >= 0.6 is 27.5 Å². The molecule has 0 bridgehead atoms. The highest BCUT2D eigenvalue weighted by molar-refractivity contribution is 9.10. The second-order valence-electron chi connectivity index (χ2n) is 3.68. The molecule has 1 aromatic heterocycles. The summed E-state index contributed by atoms with van der Waals surface area (Å²) in [6, 6.07) is 7.58. The number of nitrogens with one attached hydrogen (secondary N) is 1. The standard InChI is InChI=1S/C12H10BrClFN3/c13-8-1-2-10(15)9(6-8)12(18-16)7-3-4-17-11(14)5-7/h1-6,12,18H,16H2. The molecule has 1 aromatic carbocycles. The molecule has 2 rings (SSSR count). The molecule has 3 nitrogen and oxygen atoms in total. The molecule has 1 atom stereocenters. The molecule has 3 N–H and O–H groups in total. The second-order valence-corrected chi connectivity index (χ2v) is 4.98. The molecule has 0 aliphatic rings. The summed E-state index contributed by atoms with van der Waals surface area (Å²) in [7, 11) is 0. The Labute approximate surface area is 117 Å². The number of hydrogen-bond donors (Lipinski definition) is 2. The minimum Gasteiger partial charge on any atom is -0.271 e. The van der Waals surface area contributed by atoms with Gasteiger partial charge < -0.3 is 0 Å². The topological polar surface area (TPSA) is 50.9 Å². The maximum atomic E-state index is 13.8. The van der Waals surface area contributed by atoms with Gasteiger partial charge in [-0.25, -0.2) is 14.8 Å². The SMILES string of the molecule is NNC(c1ccnc(Cl)c1)c1cc(Br)ccc1F. The lowest BCUT2D eigenvalue weighted by Gasteiger charge is -2.17. The molecule has 2 aromatic rings. The average molecular weight is 331 g/mol. The van der Waals surface area contributed by atoms with Crippen LogP contribution in [0.5, 0.6) is 0 Å². The molecular formula is C12H10BrClFN3. The minimum atomic E-state index is -0.483. The van der Waals surface area contributed by atoms with Gasteiger partial charge in [-0.15, -0.1) is 0 Å². The molecule has 18 heavy (non-hydrogen) atoms. The van der Waals surface area contributed by atoms with Crippen LogP contribution in [0.3, 0.4) is 0 Å². The van der Waals surface area contributed by atoms with E-state index in [1.165, 1.54) is 6.07 Å². The van der Waals surface area contributed by atoms with Crippen molar-refractivity contribution in [3.05, 3.63) is 63.1 Å². The second kappa shape index (κ2) is 5.75. The Kier molecular flexibility index (Phi) is 4.29. The van der Waals surface area contributed by atoms with Gasteiger partial charge in [-0.2, -0.15) is 0 Å². The van der Waals surface area contributed by atoms with E-state index in [1.807, 2.05) is 0 Å². The molecule has 0 aliphatic carbocycles. The van der Waals surface area contributed by atoms with Crippen LogP contribution in [0.1, 0.15) is 17.2 Å². The Morgan fingerprint density at radius 2 is 2.11 bits per heavy atom. The number of halogens is 3. The zero-order valence-corrected chi connectivity index (χ0v) is 11.5. The monoisotopic (exact) mass is 329 g/mol. The van der Waals surface area contributed by atoms with Crippen LogP contribution in [0.15, 0.2) is 41.0 Å². The first kappa shape index (κ1) is 13.4. The summed E-state index contributed by atoms with van der Waals surface area (Å²) < 4.78 is 14.6. The fourth-order valence-corrected chi connectivity index (χ4v) is 2.26. The average Bonchev–Trinajstić information content (AvgIpc) is 2.35. The predicted molar refractivity (Wildman–Crippen MR) is 72.5 cm³/mol. The van der Waals surface area contributed by atoms with E-state index in [1.54, 1.807) is 30.5 Å². The third kappa shape index (κ3) is 2.87. The number of pyridine rings is 1. The summed E-state index contributed by atoms with van der Waals surface area (Å²) >= 11 is 9.13. The van der Waals surface area contributed by atoms with Crippen molar-refractivity contribution >= 4 is 27.5 Å². The van der Waals surface area contributed by atoms with Crippen molar-refractivity contribution in [3.8, 4) is 0 Å².